The van der Waals surface area contributed by atoms with Crippen LogP contribution in [-0.4, -0.2) is 8.42 Å². The Labute approximate surface area is 150 Å². The SMILES string of the molecule is [N-]=[N+]=Nc1cccc(S(=O)(=O)c2cccc(N=[N+]=[N-])c2N=[N+]=[N-])c1N=[N+]=[N-]. The molecule has 0 aliphatic heterocycles. The van der Waals surface area contributed by atoms with Gasteiger partial charge in [-0.3, -0.25) is 0 Å². The Morgan fingerprint density at radius 3 is 1.33 bits per heavy atom. The van der Waals surface area contributed by atoms with Gasteiger partial charge in [-0.1, -0.05) is 44.7 Å². The molecule has 0 spiro atoms. The summed E-state index contributed by atoms with van der Waals surface area (Å²) in [4.78, 5) is 9.24. The number of azide groups is 4. The number of hydrogen-bond donors (Lipinski definition) is 0. The molecule has 132 valence electrons. The number of nitrogens with zero attached hydrogens (tertiary/aromatic N) is 12. The molecule has 0 aliphatic carbocycles. The average Bonchev–Trinajstić information content (AvgIpc) is 2.65. The quantitative estimate of drug-likeness (QED) is 0.318. The summed E-state index contributed by atoms with van der Waals surface area (Å²) in [5.74, 6) is 0. The molecule has 0 saturated heterocycles. The Balaban J connectivity index is 2.93. The van der Waals surface area contributed by atoms with Gasteiger partial charge < -0.3 is 0 Å². The molecule has 0 bridgehead atoms. The van der Waals surface area contributed by atoms with Gasteiger partial charge in [-0.15, -0.1) is 0 Å². The molecular formula is C12H6N12O2S. The first-order valence-corrected chi connectivity index (χ1v) is 8.21. The summed E-state index contributed by atoms with van der Waals surface area (Å²) in [6, 6.07) is 7.31. The van der Waals surface area contributed by atoms with Crippen molar-refractivity contribution in [3.63, 3.8) is 0 Å². The minimum absolute atomic E-state index is 0.215. The molecule has 0 aromatic heterocycles. The van der Waals surface area contributed by atoms with Crippen LogP contribution in [0.4, 0.5) is 22.7 Å². The fourth-order valence-corrected chi connectivity index (χ4v) is 3.67. The topological polar surface area (TPSA) is 229 Å². The molecular weight excluding hydrogens is 376 g/mol. The van der Waals surface area contributed by atoms with Crippen molar-refractivity contribution < 1.29 is 8.42 Å². The first kappa shape index (κ1) is 19.0. The molecule has 0 aliphatic rings. The normalized spacial score (nSPS) is 9.78. The summed E-state index contributed by atoms with van der Waals surface area (Å²) in [5, 5.41) is 13.2. The number of sulfone groups is 1. The van der Waals surface area contributed by atoms with Gasteiger partial charge >= 0.3 is 0 Å². The van der Waals surface area contributed by atoms with Gasteiger partial charge in [0.25, 0.3) is 0 Å². The molecule has 0 radical (unpaired) electrons. The van der Waals surface area contributed by atoms with Crippen LogP contribution in [0.15, 0.2) is 66.6 Å². The maximum atomic E-state index is 13.1. The molecule has 0 amide bonds. The Hall–Kier alpha value is -4.37. The molecule has 0 saturated carbocycles. The molecule has 2 rings (SSSR count). The lowest BCUT2D eigenvalue weighted by atomic mass is 10.3. The largest absolute Gasteiger partial charge is 0.218 e. The van der Waals surface area contributed by atoms with E-state index in [0.717, 1.165) is 12.1 Å². The van der Waals surface area contributed by atoms with Crippen molar-refractivity contribution in [2.75, 3.05) is 0 Å². The molecule has 14 nitrogen and oxygen atoms in total. The predicted molar refractivity (Wildman–Crippen MR) is 93.6 cm³/mol. The maximum Gasteiger partial charge on any atom is 0.207 e. The van der Waals surface area contributed by atoms with Crippen LogP contribution in [0.2, 0.25) is 0 Å². The summed E-state index contributed by atoms with van der Waals surface area (Å²) >= 11 is 0. The molecule has 0 fully saturated rings. The van der Waals surface area contributed by atoms with Crippen molar-refractivity contribution >= 4 is 32.6 Å². The lowest BCUT2D eigenvalue weighted by Crippen LogP contribution is -2.03. The molecule has 27 heavy (non-hydrogen) atoms. The van der Waals surface area contributed by atoms with Crippen molar-refractivity contribution in [1.82, 2.24) is 0 Å². The highest BCUT2D eigenvalue weighted by molar-refractivity contribution is 7.91. The van der Waals surface area contributed by atoms with Gasteiger partial charge in [-0.25, -0.2) is 8.42 Å². The lowest BCUT2D eigenvalue weighted by molar-refractivity contribution is 0.596. The molecule has 0 unspecified atom stereocenters. The third kappa shape index (κ3) is 3.67. The molecule has 2 aromatic carbocycles. The summed E-state index contributed by atoms with van der Waals surface area (Å²) in [5.41, 5.74) is 33.4. The van der Waals surface area contributed by atoms with E-state index >= 15 is 0 Å². The smallest absolute Gasteiger partial charge is 0.207 e. The van der Waals surface area contributed by atoms with Crippen LogP contribution in [0.5, 0.6) is 0 Å². The Bertz CT molecular complexity index is 1120. The van der Waals surface area contributed by atoms with E-state index in [1.807, 2.05) is 0 Å². The highest BCUT2D eigenvalue weighted by atomic mass is 32.2. The fourth-order valence-electron chi connectivity index (χ4n) is 2.12. The highest BCUT2D eigenvalue weighted by Crippen LogP contribution is 2.42. The average molecular weight is 382 g/mol. The monoisotopic (exact) mass is 382 g/mol. The van der Waals surface area contributed by atoms with E-state index in [1.54, 1.807) is 0 Å². The predicted octanol–water partition coefficient (Wildman–Crippen LogP) is 6.29. The van der Waals surface area contributed by atoms with Crippen LogP contribution in [0.1, 0.15) is 0 Å². The molecule has 15 heteroatoms. The summed E-state index contributed by atoms with van der Waals surface area (Å²) in [7, 11) is -4.42. The van der Waals surface area contributed by atoms with Crippen LogP contribution < -0.4 is 0 Å². The van der Waals surface area contributed by atoms with Crippen molar-refractivity contribution in [3.05, 3.63) is 78.2 Å². The van der Waals surface area contributed by atoms with E-state index in [4.69, 9.17) is 22.1 Å². The Morgan fingerprint density at radius 1 is 0.630 bits per heavy atom. The van der Waals surface area contributed by atoms with Crippen LogP contribution in [-0.2, 0) is 9.84 Å². The van der Waals surface area contributed by atoms with Crippen molar-refractivity contribution in [3.8, 4) is 0 Å². The second-order valence-corrected chi connectivity index (χ2v) is 6.40. The van der Waals surface area contributed by atoms with E-state index in [9.17, 15) is 8.42 Å². The number of hydrogen-bond acceptors (Lipinski definition) is 6. The first-order valence-electron chi connectivity index (χ1n) is 6.72. The van der Waals surface area contributed by atoms with E-state index in [1.165, 1.54) is 24.3 Å². The minimum Gasteiger partial charge on any atom is -0.218 e. The Kier molecular flexibility index (Phi) is 5.72. The van der Waals surface area contributed by atoms with Crippen LogP contribution in [0, 0.1) is 0 Å². The highest BCUT2D eigenvalue weighted by Gasteiger charge is 2.26. The van der Waals surface area contributed by atoms with Gasteiger partial charge in [0.2, 0.25) is 9.84 Å². The van der Waals surface area contributed by atoms with Crippen LogP contribution in [0.3, 0.4) is 0 Å². The molecule has 2 aromatic rings. The van der Waals surface area contributed by atoms with E-state index < -0.39 is 31.0 Å². The van der Waals surface area contributed by atoms with Crippen molar-refractivity contribution in [2.24, 2.45) is 20.5 Å². The molecule has 0 heterocycles. The molecule has 0 N–H and O–H groups in total. The zero-order chi connectivity index (χ0) is 19.9. The van der Waals surface area contributed by atoms with Gasteiger partial charge in [0.15, 0.2) is 0 Å². The zero-order valence-electron chi connectivity index (χ0n) is 13.1. The third-order valence-electron chi connectivity index (χ3n) is 3.13. The minimum atomic E-state index is -4.42. The maximum absolute atomic E-state index is 13.1. The summed E-state index contributed by atoms with van der Waals surface area (Å²) in [6.07, 6.45) is 0. The number of rotatable bonds is 6. The van der Waals surface area contributed by atoms with Gasteiger partial charge in [-0.05, 0) is 34.3 Å². The van der Waals surface area contributed by atoms with Gasteiger partial charge in [0.05, 0.1) is 21.2 Å². The van der Waals surface area contributed by atoms with E-state index in [-0.39, 0.29) is 11.4 Å². The second-order valence-electron chi connectivity index (χ2n) is 4.51. The van der Waals surface area contributed by atoms with Crippen molar-refractivity contribution in [1.29, 1.82) is 0 Å². The van der Waals surface area contributed by atoms with Crippen LogP contribution >= 0.6 is 0 Å². The van der Waals surface area contributed by atoms with E-state index in [0.29, 0.717) is 0 Å². The third-order valence-corrected chi connectivity index (χ3v) is 4.95. The second kappa shape index (κ2) is 8.14. The number of benzene rings is 2. The van der Waals surface area contributed by atoms with Crippen molar-refractivity contribution in [2.45, 2.75) is 9.79 Å². The standard InChI is InChI=1S/C12H6N12O2S/c13-21-17-7-3-1-5-9(11(7)19-23-15)27(25,26)10-6-2-4-8(18-22-14)12(10)20-24-16/h1-6H. The lowest BCUT2D eigenvalue weighted by Gasteiger charge is -2.12. The van der Waals surface area contributed by atoms with E-state index in [2.05, 4.69) is 40.1 Å². The first-order chi connectivity index (χ1) is 13.0. The summed E-state index contributed by atoms with van der Waals surface area (Å²) < 4.78 is 26.2. The van der Waals surface area contributed by atoms with Crippen LogP contribution in [0.25, 0.3) is 41.8 Å². The molecule has 0 atom stereocenters. The fraction of sp³-hybridized carbons (Fsp3) is 0. The van der Waals surface area contributed by atoms with Gasteiger partial charge in [0, 0.05) is 31.0 Å². The van der Waals surface area contributed by atoms with Gasteiger partial charge in [0.1, 0.15) is 0 Å². The van der Waals surface area contributed by atoms with Gasteiger partial charge in [-0.2, -0.15) is 0 Å². The zero-order valence-corrected chi connectivity index (χ0v) is 13.9. The Morgan fingerprint density at radius 2 is 1.00 bits per heavy atom. The summed E-state index contributed by atoms with van der Waals surface area (Å²) in [6.45, 7) is 0.